The maximum atomic E-state index is 2.39. The normalized spacial score (nSPS) is 10.7. The second kappa shape index (κ2) is 12.3. The second-order valence-corrected chi connectivity index (χ2v) is 11.6. The quantitative estimate of drug-likeness (QED) is 0.144. The van der Waals surface area contributed by atoms with Crippen molar-refractivity contribution >= 4 is 48.3 Å². The van der Waals surface area contributed by atoms with Crippen molar-refractivity contribution in [3.05, 3.63) is 164 Å². The van der Waals surface area contributed by atoms with Crippen LogP contribution >= 0.6 is 0 Å². The molecule has 0 aliphatic rings. The Labute approximate surface area is 244 Å². The van der Waals surface area contributed by atoms with Gasteiger partial charge in [0.15, 0.2) is 8.80 Å². The van der Waals surface area contributed by atoms with Crippen LogP contribution in [0.3, 0.4) is 0 Å². The van der Waals surface area contributed by atoms with E-state index in [-0.39, 0.29) is 23.9 Å². The SMILES string of the molecule is [Sn].c1ccc(-c2ccc([Si](c3ccccc3)c3ccccc3)c(-c3ccccc3)c2-c2ccccc2)cc1. The molecular weight excluding hydrogens is 579 g/mol. The van der Waals surface area contributed by atoms with Crippen LogP contribution in [0, 0.1) is 0 Å². The van der Waals surface area contributed by atoms with Crippen molar-refractivity contribution < 1.29 is 0 Å². The van der Waals surface area contributed by atoms with Gasteiger partial charge in [-0.2, -0.15) is 0 Å². The standard InChI is InChI=1S/C36H27Si.Sn/c1-6-16-28(17-7-1)33-26-27-34(37(31-22-12-4-13-23-31)32-24-14-5-15-25-32)36(30-20-10-3-11-21-30)35(33)29-18-8-2-9-19-29;/h1-27H;. The molecule has 5 radical (unpaired) electrons. The molecule has 0 aromatic heterocycles. The van der Waals surface area contributed by atoms with Gasteiger partial charge >= 0.3 is 0 Å². The summed E-state index contributed by atoms with van der Waals surface area (Å²) in [6.07, 6.45) is 0. The first kappa shape index (κ1) is 26.0. The van der Waals surface area contributed by atoms with Crippen LogP contribution in [0.15, 0.2) is 164 Å². The zero-order valence-corrected chi connectivity index (χ0v) is 24.9. The van der Waals surface area contributed by atoms with Gasteiger partial charge in [0.2, 0.25) is 0 Å². The Kier molecular flexibility index (Phi) is 8.37. The molecule has 0 aliphatic heterocycles. The summed E-state index contributed by atoms with van der Waals surface area (Å²) >= 11 is 0. The van der Waals surface area contributed by atoms with Crippen molar-refractivity contribution in [3.8, 4) is 33.4 Å². The maximum absolute atomic E-state index is 2.39. The van der Waals surface area contributed by atoms with Gasteiger partial charge in [0.1, 0.15) is 0 Å². The third-order valence-corrected chi connectivity index (χ3v) is 9.59. The molecule has 6 rings (SSSR count). The molecule has 2 heteroatoms. The molecule has 38 heavy (non-hydrogen) atoms. The van der Waals surface area contributed by atoms with Crippen molar-refractivity contribution in [3.63, 3.8) is 0 Å². The summed E-state index contributed by atoms with van der Waals surface area (Å²) in [6, 6.07) is 59.4. The van der Waals surface area contributed by atoms with Crippen LogP contribution in [0.25, 0.3) is 33.4 Å². The van der Waals surface area contributed by atoms with E-state index >= 15 is 0 Å². The number of hydrogen-bond acceptors (Lipinski definition) is 0. The monoisotopic (exact) mass is 607 g/mol. The molecule has 0 bridgehead atoms. The zero-order valence-electron chi connectivity index (χ0n) is 21.1. The molecule has 0 saturated heterocycles. The van der Waals surface area contributed by atoms with Crippen molar-refractivity contribution in [2.75, 3.05) is 0 Å². The summed E-state index contributed by atoms with van der Waals surface area (Å²) in [5, 5.41) is 4.19. The van der Waals surface area contributed by atoms with Crippen LogP contribution < -0.4 is 15.6 Å². The van der Waals surface area contributed by atoms with E-state index in [1.807, 2.05) is 0 Å². The van der Waals surface area contributed by atoms with E-state index in [1.165, 1.54) is 48.9 Å². The van der Waals surface area contributed by atoms with Gasteiger partial charge in [-0.3, -0.25) is 0 Å². The van der Waals surface area contributed by atoms with E-state index in [4.69, 9.17) is 0 Å². The maximum Gasteiger partial charge on any atom is 0.155 e. The van der Waals surface area contributed by atoms with Gasteiger partial charge in [0.25, 0.3) is 0 Å². The molecule has 0 fully saturated rings. The van der Waals surface area contributed by atoms with Crippen LogP contribution in [0.2, 0.25) is 0 Å². The van der Waals surface area contributed by atoms with Crippen molar-refractivity contribution in [1.82, 2.24) is 0 Å². The van der Waals surface area contributed by atoms with E-state index in [1.54, 1.807) is 0 Å². The first-order chi connectivity index (χ1) is 18.4. The Balaban J connectivity index is 0.00000294. The molecule has 0 unspecified atom stereocenters. The molecule has 0 heterocycles. The molecule has 0 amide bonds. The van der Waals surface area contributed by atoms with Crippen LogP contribution in [0.5, 0.6) is 0 Å². The van der Waals surface area contributed by atoms with Crippen LogP contribution in [-0.2, 0) is 0 Å². The van der Waals surface area contributed by atoms with Crippen LogP contribution in [0.1, 0.15) is 0 Å². The Morgan fingerprint density at radius 3 is 1.13 bits per heavy atom. The third-order valence-electron chi connectivity index (χ3n) is 6.81. The van der Waals surface area contributed by atoms with E-state index < -0.39 is 8.80 Å². The first-order valence-electron chi connectivity index (χ1n) is 12.7. The fourth-order valence-electron chi connectivity index (χ4n) is 5.17. The van der Waals surface area contributed by atoms with Crippen molar-refractivity contribution in [2.24, 2.45) is 0 Å². The second-order valence-electron chi connectivity index (χ2n) is 9.12. The van der Waals surface area contributed by atoms with E-state index in [9.17, 15) is 0 Å². The Bertz CT molecular complexity index is 1540. The number of hydrogen-bond donors (Lipinski definition) is 0. The van der Waals surface area contributed by atoms with Gasteiger partial charge in [-0.25, -0.2) is 0 Å². The summed E-state index contributed by atoms with van der Waals surface area (Å²) in [5.41, 5.74) is 7.61. The van der Waals surface area contributed by atoms with Crippen LogP contribution in [-0.4, -0.2) is 32.7 Å². The predicted octanol–water partition coefficient (Wildman–Crippen LogP) is 6.82. The predicted molar refractivity (Wildman–Crippen MR) is 166 cm³/mol. The van der Waals surface area contributed by atoms with Gasteiger partial charge in [0.05, 0.1) is 0 Å². The summed E-state index contributed by atoms with van der Waals surface area (Å²) in [6.45, 7) is 0. The van der Waals surface area contributed by atoms with E-state index in [2.05, 4.69) is 164 Å². The largest absolute Gasteiger partial charge is 0.155 e. The minimum absolute atomic E-state index is 0. The molecule has 6 aromatic carbocycles. The molecule has 0 spiro atoms. The number of rotatable bonds is 6. The molecule has 179 valence electrons. The Hall–Kier alpha value is -3.66. The van der Waals surface area contributed by atoms with Gasteiger partial charge in [0, 0.05) is 23.9 Å². The molecule has 0 saturated carbocycles. The molecule has 0 nitrogen and oxygen atoms in total. The molecular formula is C36H27SiSn. The van der Waals surface area contributed by atoms with Gasteiger partial charge in [-0.15, -0.1) is 0 Å². The Morgan fingerprint density at radius 1 is 0.316 bits per heavy atom. The summed E-state index contributed by atoms with van der Waals surface area (Å²) in [5.74, 6) is 0. The molecule has 0 aliphatic carbocycles. The van der Waals surface area contributed by atoms with Crippen LogP contribution in [0.4, 0.5) is 0 Å². The fourth-order valence-corrected chi connectivity index (χ4v) is 7.94. The fraction of sp³-hybridized carbons (Fsp3) is 0. The average Bonchev–Trinajstić information content (AvgIpc) is 2.99. The van der Waals surface area contributed by atoms with Gasteiger partial charge in [-0.1, -0.05) is 174 Å². The Morgan fingerprint density at radius 2 is 0.684 bits per heavy atom. The summed E-state index contributed by atoms with van der Waals surface area (Å²) in [4.78, 5) is 0. The first-order valence-corrected chi connectivity index (χ1v) is 14.2. The zero-order chi connectivity index (χ0) is 24.9. The van der Waals surface area contributed by atoms with Crippen molar-refractivity contribution in [2.45, 2.75) is 0 Å². The smallest absolute Gasteiger partial charge is 0.0624 e. The van der Waals surface area contributed by atoms with Gasteiger partial charge < -0.3 is 0 Å². The average molecular weight is 606 g/mol. The molecule has 0 atom stereocenters. The van der Waals surface area contributed by atoms with Gasteiger partial charge in [-0.05, 0) is 38.6 Å². The van der Waals surface area contributed by atoms with E-state index in [0.717, 1.165) is 0 Å². The summed E-state index contributed by atoms with van der Waals surface area (Å²) < 4.78 is 0. The third kappa shape index (κ3) is 5.31. The minimum atomic E-state index is -1.28. The molecule has 6 aromatic rings. The van der Waals surface area contributed by atoms with E-state index in [0.29, 0.717) is 0 Å². The summed E-state index contributed by atoms with van der Waals surface area (Å²) in [7, 11) is -1.28. The number of benzene rings is 6. The van der Waals surface area contributed by atoms with Crippen molar-refractivity contribution in [1.29, 1.82) is 0 Å². The topological polar surface area (TPSA) is 0 Å². The minimum Gasteiger partial charge on any atom is -0.0624 e. The molecule has 0 N–H and O–H groups in total.